The van der Waals surface area contributed by atoms with Gasteiger partial charge in [0, 0.05) is 12.0 Å². The third-order valence-electron chi connectivity index (χ3n) is 4.06. The Balaban J connectivity index is 2.00. The third-order valence-corrected chi connectivity index (χ3v) is 4.93. The average Bonchev–Trinajstić information content (AvgIpc) is 2.23. The van der Waals surface area contributed by atoms with E-state index < -0.39 is 10.0 Å². The first kappa shape index (κ1) is 12.9. The zero-order chi connectivity index (χ0) is 13.7. The number of benzene rings is 1. The van der Waals surface area contributed by atoms with E-state index in [0.717, 1.165) is 24.8 Å². The predicted octanol–water partition coefficient (Wildman–Crippen LogP) is 1.90. The molecule has 1 aliphatic heterocycles. The van der Waals surface area contributed by atoms with Crippen molar-refractivity contribution in [1.29, 1.82) is 0 Å². The molecular weight excluding hydrogens is 269 g/mol. The highest BCUT2D eigenvalue weighted by Gasteiger charge is 2.46. The van der Waals surface area contributed by atoms with E-state index in [4.69, 9.17) is 9.88 Å². The number of nitrogens with two attached hydrogens (primary N) is 1. The molecule has 2 N–H and O–H groups in total. The lowest BCUT2D eigenvalue weighted by atomic mass is 9.71. The quantitative estimate of drug-likeness (QED) is 0.902. The molecule has 1 fully saturated rings. The van der Waals surface area contributed by atoms with Gasteiger partial charge < -0.3 is 4.74 Å². The summed E-state index contributed by atoms with van der Waals surface area (Å²) in [5.74, 6) is -0.222. The van der Waals surface area contributed by atoms with E-state index >= 15 is 0 Å². The van der Waals surface area contributed by atoms with E-state index in [1.54, 1.807) is 6.07 Å². The fraction of sp³-hybridized carbons (Fsp3) is 0.538. The first-order valence-corrected chi connectivity index (χ1v) is 8.07. The van der Waals surface area contributed by atoms with E-state index in [-0.39, 0.29) is 23.1 Å². The molecule has 0 saturated heterocycles. The Bertz CT molecular complexity index is 610. The summed E-state index contributed by atoms with van der Waals surface area (Å²) in [5, 5.41) is 5.16. The second kappa shape index (κ2) is 4.18. The summed E-state index contributed by atoms with van der Waals surface area (Å²) < 4.78 is 41.9. The summed E-state index contributed by atoms with van der Waals surface area (Å²) in [6.45, 7) is 0. The Labute approximate surface area is 111 Å². The van der Waals surface area contributed by atoms with Gasteiger partial charge in [-0.2, -0.15) is 0 Å². The molecule has 1 aromatic carbocycles. The second-order valence-electron chi connectivity index (χ2n) is 5.55. The minimum absolute atomic E-state index is 0.114. The summed E-state index contributed by atoms with van der Waals surface area (Å²) >= 11 is 0. The van der Waals surface area contributed by atoms with Crippen LogP contribution in [0.25, 0.3) is 0 Å². The van der Waals surface area contributed by atoms with Crippen LogP contribution >= 0.6 is 0 Å². The van der Waals surface area contributed by atoms with Gasteiger partial charge in [-0.25, -0.2) is 17.9 Å². The van der Waals surface area contributed by atoms with Crippen molar-refractivity contribution in [2.75, 3.05) is 5.75 Å². The van der Waals surface area contributed by atoms with Gasteiger partial charge in [0.2, 0.25) is 10.0 Å². The van der Waals surface area contributed by atoms with E-state index in [2.05, 4.69) is 0 Å². The summed E-state index contributed by atoms with van der Waals surface area (Å²) in [6, 6.07) is 4.27. The molecule has 1 atom stereocenters. The third kappa shape index (κ3) is 2.47. The molecule has 1 spiro atoms. The molecular formula is C13H16FNO3S. The van der Waals surface area contributed by atoms with Gasteiger partial charge in [-0.3, -0.25) is 0 Å². The normalized spacial score (nSPS) is 24.4. The summed E-state index contributed by atoms with van der Waals surface area (Å²) in [4.78, 5) is 0. The Kier molecular flexibility index (Phi) is 2.83. The van der Waals surface area contributed by atoms with Crippen LogP contribution in [0.15, 0.2) is 18.2 Å². The molecule has 1 saturated carbocycles. The molecule has 0 amide bonds. The minimum Gasteiger partial charge on any atom is -0.487 e. The monoisotopic (exact) mass is 285 g/mol. The molecule has 4 nitrogen and oxygen atoms in total. The van der Waals surface area contributed by atoms with Crippen LogP contribution in [0.1, 0.15) is 37.2 Å². The van der Waals surface area contributed by atoms with Crippen LogP contribution in [-0.2, 0) is 10.0 Å². The first-order chi connectivity index (χ1) is 8.87. The lowest BCUT2D eigenvalue weighted by Gasteiger charge is -2.47. The molecule has 1 aliphatic carbocycles. The van der Waals surface area contributed by atoms with Gasteiger partial charge in [0.05, 0.1) is 5.75 Å². The topological polar surface area (TPSA) is 69.4 Å². The second-order valence-corrected chi connectivity index (χ2v) is 7.21. The van der Waals surface area contributed by atoms with Gasteiger partial charge in [-0.05, 0) is 37.3 Å². The number of hydrogen-bond acceptors (Lipinski definition) is 3. The van der Waals surface area contributed by atoms with Gasteiger partial charge >= 0.3 is 0 Å². The summed E-state index contributed by atoms with van der Waals surface area (Å²) in [5.41, 5.74) is 0.434. The Morgan fingerprint density at radius 3 is 2.74 bits per heavy atom. The number of rotatable bonds is 2. The lowest BCUT2D eigenvalue weighted by Crippen LogP contribution is -2.48. The van der Waals surface area contributed by atoms with Gasteiger partial charge in [0.1, 0.15) is 17.2 Å². The zero-order valence-electron chi connectivity index (χ0n) is 10.4. The molecule has 0 aromatic heterocycles. The van der Waals surface area contributed by atoms with Crippen molar-refractivity contribution in [2.45, 2.75) is 37.2 Å². The largest absolute Gasteiger partial charge is 0.487 e. The number of hydrogen-bond donors (Lipinski definition) is 1. The molecule has 6 heteroatoms. The molecule has 1 heterocycles. The molecule has 104 valence electrons. The highest BCUT2D eigenvalue weighted by atomic mass is 32.2. The minimum atomic E-state index is -3.56. The van der Waals surface area contributed by atoms with Crippen LogP contribution in [0.5, 0.6) is 5.75 Å². The SMILES string of the molecule is NS(=O)(=O)C[C@H]1CC2(CCC2)Oc2cc(F)ccc21. The standard InChI is InChI=1S/C13H16FNO3S/c14-10-2-3-11-9(8-19(15,16)17)7-13(4-1-5-13)18-12(11)6-10/h2-3,6,9H,1,4-5,7-8H2,(H2,15,16,17)/t9-/m1/s1. The van der Waals surface area contributed by atoms with Crippen LogP contribution in [0.3, 0.4) is 0 Å². The van der Waals surface area contributed by atoms with Crippen molar-refractivity contribution in [3.8, 4) is 5.75 Å². The first-order valence-electron chi connectivity index (χ1n) is 6.36. The van der Waals surface area contributed by atoms with Crippen molar-refractivity contribution in [3.63, 3.8) is 0 Å². The molecule has 0 bridgehead atoms. The van der Waals surface area contributed by atoms with Crippen LogP contribution in [0, 0.1) is 5.82 Å². The van der Waals surface area contributed by atoms with Gasteiger partial charge in [-0.15, -0.1) is 0 Å². The van der Waals surface area contributed by atoms with Crippen LogP contribution in [-0.4, -0.2) is 19.8 Å². The number of ether oxygens (including phenoxy) is 1. The van der Waals surface area contributed by atoms with E-state index in [1.165, 1.54) is 12.1 Å². The summed E-state index contributed by atoms with van der Waals surface area (Å²) in [7, 11) is -3.56. The van der Waals surface area contributed by atoms with Crippen molar-refractivity contribution >= 4 is 10.0 Å². The highest BCUT2D eigenvalue weighted by Crippen LogP contribution is 2.49. The number of halogens is 1. The fourth-order valence-electron chi connectivity index (χ4n) is 3.07. The van der Waals surface area contributed by atoms with Crippen molar-refractivity contribution < 1.29 is 17.5 Å². The number of sulfonamides is 1. The van der Waals surface area contributed by atoms with E-state index in [0.29, 0.717) is 12.2 Å². The van der Waals surface area contributed by atoms with Gasteiger partial charge in [0.25, 0.3) is 0 Å². The zero-order valence-corrected chi connectivity index (χ0v) is 11.2. The van der Waals surface area contributed by atoms with Crippen LogP contribution < -0.4 is 9.88 Å². The lowest BCUT2D eigenvalue weighted by molar-refractivity contribution is -0.0317. The number of fused-ring (bicyclic) bond motifs is 1. The molecule has 2 aliphatic rings. The van der Waals surface area contributed by atoms with Gasteiger partial charge in [0.15, 0.2) is 0 Å². The van der Waals surface area contributed by atoms with Crippen molar-refractivity contribution in [2.24, 2.45) is 5.14 Å². The predicted molar refractivity (Wildman–Crippen MR) is 68.9 cm³/mol. The van der Waals surface area contributed by atoms with Crippen LogP contribution in [0.2, 0.25) is 0 Å². The molecule has 0 radical (unpaired) electrons. The van der Waals surface area contributed by atoms with Crippen molar-refractivity contribution in [3.05, 3.63) is 29.6 Å². The Morgan fingerprint density at radius 2 is 2.16 bits per heavy atom. The smallest absolute Gasteiger partial charge is 0.209 e. The highest BCUT2D eigenvalue weighted by molar-refractivity contribution is 7.89. The van der Waals surface area contributed by atoms with E-state index in [1.807, 2.05) is 0 Å². The molecule has 1 aromatic rings. The number of primary sulfonamides is 1. The van der Waals surface area contributed by atoms with Crippen molar-refractivity contribution in [1.82, 2.24) is 0 Å². The molecule has 3 rings (SSSR count). The maximum Gasteiger partial charge on any atom is 0.209 e. The average molecular weight is 285 g/mol. The maximum atomic E-state index is 13.3. The Morgan fingerprint density at radius 1 is 1.42 bits per heavy atom. The van der Waals surface area contributed by atoms with Gasteiger partial charge in [-0.1, -0.05) is 6.07 Å². The Hall–Kier alpha value is -1.14. The van der Waals surface area contributed by atoms with Crippen LogP contribution in [0.4, 0.5) is 4.39 Å². The van der Waals surface area contributed by atoms with E-state index in [9.17, 15) is 12.8 Å². The fourth-order valence-corrected chi connectivity index (χ4v) is 3.93. The molecule has 19 heavy (non-hydrogen) atoms. The maximum absolute atomic E-state index is 13.3. The summed E-state index contributed by atoms with van der Waals surface area (Å²) in [6.07, 6.45) is 3.49. The molecule has 0 unspecified atom stereocenters.